The first-order valence-electron chi connectivity index (χ1n) is 8.19. The molecular weight excluding hydrogens is 288 g/mol. The predicted octanol–water partition coefficient (Wildman–Crippen LogP) is 3.00. The van der Waals surface area contributed by atoms with Crippen LogP contribution in [0.25, 0.3) is 0 Å². The van der Waals surface area contributed by atoms with Crippen LogP contribution in [0.5, 0.6) is 5.88 Å². The summed E-state index contributed by atoms with van der Waals surface area (Å²) in [5.41, 5.74) is 3.40. The zero-order valence-corrected chi connectivity index (χ0v) is 13.5. The van der Waals surface area contributed by atoms with Crippen LogP contribution in [-0.2, 0) is 24.2 Å². The first-order chi connectivity index (χ1) is 11.3. The number of fused-ring (bicyclic) bond motifs is 1. The number of rotatable bonds is 5. The predicted molar refractivity (Wildman–Crippen MR) is 89.3 cm³/mol. The van der Waals surface area contributed by atoms with E-state index in [-0.39, 0.29) is 5.91 Å². The van der Waals surface area contributed by atoms with Crippen molar-refractivity contribution in [2.24, 2.45) is 0 Å². The molecule has 0 aliphatic carbocycles. The molecule has 2 aromatic rings. The molecule has 1 aliphatic rings. The maximum atomic E-state index is 12.4. The van der Waals surface area contributed by atoms with Gasteiger partial charge in [0.25, 0.3) is 0 Å². The largest absolute Gasteiger partial charge is 0.478 e. The summed E-state index contributed by atoms with van der Waals surface area (Å²) in [5, 5.41) is 0. The first kappa shape index (κ1) is 15.5. The Balaban J connectivity index is 1.59. The van der Waals surface area contributed by atoms with Gasteiger partial charge in [-0.1, -0.05) is 36.4 Å². The van der Waals surface area contributed by atoms with Crippen molar-refractivity contribution in [3.8, 4) is 5.88 Å². The molecule has 0 saturated heterocycles. The molecule has 2 heterocycles. The highest BCUT2D eigenvalue weighted by atomic mass is 16.5. The molecule has 3 rings (SSSR count). The van der Waals surface area contributed by atoms with Crippen molar-refractivity contribution >= 4 is 5.91 Å². The Labute approximate surface area is 137 Å². The lowest BCUT2D eigenvalue weighted by molar-refractivity contribution is -0.132. The molecule has 0 bridgehead atoms. The lowest BCUT2D eigenvalue weighted by Crippen LogP contribution is -2.36. The summed E-state index contributed by atoms with van der Waals surface area (Å²) in [7, 11) is 0. The number of carbonyl (C=O) groups is 1. The molecule has 4 heteroatoms. The summed E-state index contributed by atoms with van der Waals surface area (Å²) in [4.78, 5) is 18.9. The molecule has 23 heavy (non-hydrogen) atoms. The maximum Gasteiger partial charge on any atom is 0.223 e. The number of aryl methyl sites for hydroxylation is 1. The molecule has 1 aromatic heterocycles. The van der Waals surface area contributed by atoms with Crippen molar-refractivity contribution in [1.29, 1.82) is 0 Å². The van der Waals surface area contributed by atoms with Gasteiger partial charge >= 0.3 is 0 Å². The van der Waals surface area contributed by atoms with Gasteiger partial charge in [0.15, 0.2) is 0 Å². The zero-order chi connectivity index (χ0) is 16.1. The van der Waals surface area contributed by atoms with E-state index in [4.69, 9.17) is 4.74 Å². The molecule has 0 fully saturated rings. The third kappa shape index (κ3) is 3.89. The maximum absolute atomic E-state index is 12.4. The van der Waals surface area contributed by atoms with Gasteiger partial charge in [-0.05, 0) is 24.5 Å². The van der Waals surface area contributed by atoms with E-state index in [1.54, 1.807) is 0 Å². The van der Waals surface area contributed by atoms with Crippen molar-refractivity contribution in [2.45, 2.75) is 32.7 Å². The monoisotopic (exact) mass is 310 g/mol. The minimum absolute atomic E-state index is 0.216. The van der Waals surface area contributed by atoms with Crippen molar-refractivity contribution in [3.05, 3.63) is 59.3 Å². The molecule has 0 N–H and O–H groups in total. The quantitative estimate of drug-likeness (QED) is 0.852. The second-order valence-electron chi connectivity index (χ2n) is 5.74. The Kier molecular flexibility index (Phi) is 4.91. The highest BCUT2D eigenvalue weighted by Gasteiger charge is 2.21. The Morgan fingerprint density at radius 3 is 2.83 bits per heavy atom. The average Bonchev–Trinajstić information content (AvgIpc) is 2.60. The Morgan fingerprint density at radius 2 is 2.04 bits per heavy atom. The Morgan fingerprint density at radius 1 is 1.22 bits per heavy atom. The van der Waals surface area contributed by atoms with E-state index in [1.165, 1.54) is 5.56 Å². The third-order valence-electron chi connectivity index (χ3n) is 4.14. The van der Waals surface area contributed by atoms with Crippen molar-refractivity contribution in [3.63, 3.8) is 0 Å². The Hall–Kier alpha value is -2.36. The number of nitrogens with zero attached hydrogens (tertiary/aromatic N) is 2. The second-order valence-corrected chi connectivity index (χ2v) is 5.74. The van der Waals surface area contributed by atoms with Crippen LogP contribution >= 0.6 is 0 Å². The van der Waals surface area contributed by atoms with Crippen LogP contribution in [0.1, 0.15) is 30.2 Å². The van der Waals surface area contributed by atoms with Crippen LogP contribution in [0.3, 0.4) is 0 Å². The molecule has 0 atom stereocenters. The number of benzene rings is 1. The van der Waals surface area contributed by atoms with E-state index >= 15 is 0 Å². The fourth-order valence-corrected chi connectivity index (χ4v) is 2.89. The first-order valence-corrected chi connectivity index (χ1v) is 8.19. The fraction of sp³-hybridized carbons (Fsp3) is 0.368. The van der Waals surface area contributed by atoms with Crippen LogP contribution < -0.4 is 4.74 Å². The van der Waals surface area contributed by atoms with Crippen LogP contribution in [-0.4, -0.2) is 28.9 Å². The number of ether oxygens (including phenoxy) is 1. The fourth-order valence-electron chi connectivity index (χ4n) is 2.89. The number of hydrogen-bond donors (Lipinski definition) is 0. The minimum Gasteiger partial charge on any atom is -0.478 e. The summed E-state index contributed by atoms with van der Waals surface area (Å²) in [6.07, 6.45) is 2.15. The van der Waals surface area contributed by atoms with Gasteiger partial charge in [-0.2, -0.15) is 0 Å². The second kappa shape index (κ2) is 7.27. The van der Waals surface area contributed by atoms with Gasteiger partial charge in [0.05, 0.1) is 12.3 Å². The van der Waals surface area contributed by atoms with Gasteiger partial charge in [-0.15, -0.1) is 0 Å². The van der Waals surface area contributed by atoms with E-state index in [0.29, 0.717) is 25.5 Å². The van der Waals surface area contributed by atoms with E-state index in [2.05, 4.69) is 17.1 Å². The SMILES string of the molecule is CCOc1ccc2c(n1)CCN(C(=O)CCc1ccccc1)C2. The lowest BCUT2D eigenvalue weighted by Gasteiger charge is -2.28. The summed E-state index contributed by atoms with van der Waals surface area (Å²) in [5.74, 6) is 0.892. The van der Waals surface area contributed by atoms with Crippen molar-refractivity contribution in [2.75, 3.05) is 13.2 Å². The van der Waals surface area contributed by atoms with Crippen LogP contribution in [0.15, 0.2) is 42.5 Å². The molecule has 1 aliphatic heterocycles. The molecule has 120 valence electrons. The lowest BCUT2D eigenvalue weighted by atomic mass is 10.0. The van der Waals surface area contributed by atoms with Crippen molar-refractivity contribution < 1.29 is 9.53 Å². The molecule has 4 nitrogen and oxygen atoms in total. The average molecular weight is 310 g/mol. The summed E-state index contributed by atoms with van der Waals surface area (Å²) in [6.45, 7) is 3.97. The summed E-state index contributed by atoms with van der Waals surface area (Å²) in [6, 6.07) is 14.1. The number of amides is 1. The minimum atomic E-state index is 0.216. The smallest absolute Gasteiger partial charge is 0.223 e. The molecule has 0 radical (unpaired) electrons. The number of carbonyl (C=O) groups excluding carboxylic acids is 1. The molecule has 1 amide bonds. The number of aromatic nitrogens is 1. The van der Waals surface area contributed by atoms with Crippen LogP contribution in [0.4, 0.5) is 0 Å². The molecular formula is C19H22N2O2. The molecule has 0 saturated carbocycles. The molecule has 0 spiro atoms. The summed E-state index contributed by atoms with van der Waals surface area (Å²) >= 11 is 0. The number of pyridine rings is 1. The topological polar surface area (TPSA) is 42.4 Å². The Bertz CT molecular complexity index is 670. The van der Waals surface area contributed by atoms with Gasteiger partial charge in [0.1, 0.15) is 0 Å². The molecule has 0 unspecified atom stereocenters. The van der Waals surface area contributed by atoms with Gasteiger partial charge in [0, 0.05) is 32.0 Å². The van der Waals surface area contributed by atoms with E-state index in [1.807, 2.05) is 42.2 Å². The molecule has 1 aromatic carbocycles. The number of hydrogen-bond acceptors (Lipinski definition) is 3. The highest BCUT2D eigenvalue weighted by molar-refractivity contribution is 5.76. The van der Waals surface area contributed by atoms with Gasteiger partial charge in [-0.3, -0.25) is 4.79 Å². The summed E-state index contributed by atoms with van der Waals surface area (Å²) < 4.78 is 5.44. The van der Waals surface area contributed by atoms with Gasteiger partial charge in [-0.25, -0.2) is 4.98 Å². The highest BCUT2D eigenvalue weighted by Crippen LogP contribution is 2.21. The standard InChI is InChI=1S/C19H22N2O2/c1-2-23-18-10-9-16-14-21(13-12-17(16)20-18)19(22)11-8-15-6-4-3-5-7-15/h3-7,9-10H,2,8,11-14H2,1H3. The van der Waals surface area contributed by atoms with Crippen LogP contribution in [0, 0.1) is 0 Å². The zero-order valence-electron chi connectivity index (χ0n) is 13.5. The van der Waals surface area contributed by atoms with Gasteiger partial charge < -0.3 is 9.64 Å². The van der Waals surface area contributed by atoms with E-state index in [0.717, 1.165) is 30.6 Å². The van der Waals surface area contributed by atoms with E-state index < -0.39 is 0 Å². The van der Waals surface area contributed by atoms with Gasteiger partial charge in [0.2, 0.25) is 11.8 Å². The normalized spacial score (nSPS) is 13.5. The van der Waals surface area contributed by atoms with Crippen molar-refractivity contribution in [1.82, 2.24) is 9.88 Å². The van der Waals surface area contributed by atoms with Crippen LogP contribution in [0.2, 0.25) is 0 Å². The van der Waals surface area contributed by atoms with E-state index in [9.17, 15) is 4.79 Å². The third-order valence-corrected chi connectivity index (χ3v) is 4.14.